The number of benzene rings is 1. The van der Waals surface area contributed by atoms with Crippen molar-refractivity contribution < 1.29 is 4.74 Å². The van der Waals surface area contributed by atoms with E-state index in [1.54, 1.807) is 18.4 Å². The van der Waals surface area contributed by atoms with Gasteiger partial charge in [-0.25, -0.2) is 4.98 Å². The summed E-state index contributed by atoms with van der Waals surface area (Å²) in [6.07, 6.45) is 1.07. The minimum Gasteiger partial charge on any atom is -0.497 e. The molecule has 0 spiro atoms. The molecule has 1 N–H and O–H groups in total. The summed E-state index contributed by atoms with van der Waals surface area (Å²) in [5, 5.41) is 3.43. The van der Waals surface area contributed by atoms with E-state index in [0.29, 0.717) is 0 Å². The number of hydrogen-bond acceptors (Lipinski definition) is 4. The highest BCUT2D eigenvalue weighted by atomic mass is 32.1. The molecule has 0 unspecified atom stereocenters. The van der Waals surface area contributed by atoms with Gasteiger partial charge in [-0.3, -0.25) is 4.40 Å². The van der Waals surface area contributed by atoms with Crippen LogP contribution in [0.5, 0.6) is 5.75 Å². The smallest absolute Gasteiger partial charge is 0.194 e. The van der Waals surface area contributed by atoms with Crippen molar-refractivity contribution in [2.75, 3.05) is 13.7 Å². The van der Waals surface area contributed by atoms with Crippen LogP contribution in [0.15, 0.2) is 24.3 Å². The number of hydrogen-bond donors (Lipinski definition) is 1. The summed E-state index contributed by atoms with van der Waals surface area (Å²) in [5.74, 6) is 0.870. The Kier molecular flexibility index (Phi) is 2.97. The molecule has 21 heavy (non-hydrogen) atoms. The van der Waals surface area contributed by atoms with E-state index in [9.17, 15) is 0 Å². The maximum atomic E-state index is 5.32. The highest BCUT2D eigenvalue weighted by Gasteiger charge is 2.21. The fourth-order valence-corrected chi connectivity index (χ4v) is 4.18. The molecule has 0 fully saturated rings. The first-order valence-electron chi connectivity index (χ1n) is 7.12. The van der Waals surface area contributed by atoms with E-state index in [0.717, 1.165) is 41.5 Å². The summed E-state index contributed by atoms with van der Waals surface area (Å²) in [6, 6.07) is 8.12. The van der Waals surface area contributed by atoms with Gasteiger partial charge >= 0.3 is 0 Å². The molecule has 5 heteroatoms. The SMILES string of the molecule is COc1cccc(-c2nc3sc4c(n3c2C)CCNC4)c1. The molecule has 3 heterocycles. The van der Waals surface area contributed by atoms with Crippen molar-refractivity contribution in [1.82, 2.24) is 14.7 Å². The van der Waals surface area contributed by atoms with Crippen molar-refractivity contribution in [2.24, 2.45) is 0 Å². The molecule has 0 bridgehead atoms. The molecule has 0 atom stereocenters. The summed E-state index contributed by atoms with van der Waals surface area (Å²) in [7, 11) is 1.70. The normalized spacial score (nSPS) is 14.4. The molecule has 4 nitrogen and oxygen atoms in total. The lowest BCUT2D eigenvalue weighted by Crippen LogP contribution is -2.23. The van der Waals surface area contributed by atoms with Crippen LogP contribution in [-0.4, -0.2) is 23.0 Å². The maximum Gasteiger partial charge on any atom is 0.194 e. The van der Waals surface area contributed by atoms with Crippen molar-refractivity contribution in [3.8, 4) is 17.0 Å². The summed E-state index contributed by atoms with van der Waals surface area (Å²) >= 11 is 1.80. The summed E-state index contributed by atoms with van der Waals surface area (Å²) in [6.45, 7) is 4.17. The van der Waals surface area contributed by atoms with E-state index in [4.69, 9.17) is 9.72 Å². The number of methoxy groups -OCH3 is 1. The number of aromatic nitrogens is 2. The fraction of sp³-hybridized carbons (Fsp3) is 0.312. The Hall–Kier alpha value is -1.85. The van der Waals surface area contributed by atoms with Gasteiger partial charge < -0.3 is 10.1 Å². The predicted octanol–water partition coefficient (Wildman–Crippen LogP) is 3.03. The Morgan fingerprint density at radius 2 is 2.29 bits per heavy atom. The second-order valence-electron chi connectivity index (χ2n) is 5.29. The number of imidazole rings is 1. The van der Waals surface area contributed by atoms with Gasteiger partial charge in [-0.15, -0.1) is 0 Å². The molecule has 0 radical (unpaired) electrons. The largest absolute Gasteiger partial charge is 0.497 e. The monoisotopic (exact) mass is 299 g/mol. The molecule has 1 aliphatic rings. The van der Waals surface area contributed by atoms with Gasteiger partial charge in [0.2, 0.25) is 0 Å². The molecule has 0 amide bonds. The first-order chi connectivity index (χ1) is 10.3. The highest BCUT2D eigenvalue weighted by Crippen LogP contribution is 2.33. The zero-order chi connectivity index (χ0) is 14.4. The van der Waals surface area contributed by atoms with Gasteiger partial charge in [0.15, 0.2) is 4.96 Å². The Morgan fingerprint density at radius 3 is 3.14 bits per heavy atom. The van der Waals surface area contributed by atoms with Crippen LogP contribution in [0.25, 0.3) is 16.2 Å². The van der Waals surface area contributed by atoms with E-state index >= 15 is 0 Å². The number of rotatable bonds is 2. The minimum atomic E-state index is 0.870. The van der Waals surface area contributed by atoms with Crippen LogP contribution in [0.2, 0.25) is 0 Å². The quantitative estimate of drug-likeness (QED) is 0.790. The van der Waals surface area contributed by atoms with E-state index < -0.39 is 0 Å². The molecule has 0 aliphatic carbocycles. The standard InChI is InChI=1S/C16H17N3OS/c1-10-15(11-4-3-5-12(8-11)20-2)18-16-19(10)13-6-7-17-9-14(13)21-16/h3-5,8,17H,6-7,9H2,1-2H3. The van der Waals surface area contributed by atoms with E-state index in [2.05, 4.69) is 22.7 Å². The lowest BCUT2D eigenvalue weighted by molar-refractivity contribution is 0.415. The average Bonchev–Trinajstić information content (AvgIpc) is 3.04. The molecule has 4 rings (SSSR count). The molecule has 1 aliphatic heterocycles. The van der Waals surface area contributed by atoms with Gasteiger partial charge in [-0.2, -0.15) is 0 Å². The van der Waals surface area contributed by atoms with Crippen molar-refractivity contribution >= 4 is 16.3 Å². The van der Waals surface area contributed by atoms with Gasteiger partial charge in [0.1, 0.15) is 5.75 Å². The van der Waals surface area contributed by atoms with Gasteiger partial charge in [0, 0.05) is 41.3 Å². The Bertz CT molecular complexity index is 818. The molecular weight excluding hydrogens is 282 g/mol. The highest BCUT2D eigenvalue weighted by molar-refractivity contribution is 7.17. The zero-order valence-corrected chi connectivity index (χ0v) is 13.0. The number of fused-ring (bicyclic) bond motifs is 3. The van der Waals surface area contributed by atoms with Gasteiger partial charge in [0.25, 0.3) is 0 Å². The van der Waals surface area contributed by atoms with Crippen LogP contribution in [-0.2, 0) is 13.0 Å². The van der Waals surface area contributed by atoms with Crippen molar-refractivity contribution in [3.05, 3.63) is 40.5 Å². The van der Waals surface area contributed by atoms with Crippen LogP contribution in [0.1, 0.15) is 16.3 Å². The second-order valence-corrected chi connectivity index (χ2v) is 6.36. The maximum absolute atomic E-state index is 5.32. The van der Waals surface area contributed by atoms with Crippen molar-refractivity contribution in [2.45, 2.75) is 19.9 Å². The average molecular weight is 299 g/mol. The third kappa shape index (κ3) is 1.96. The van der Waals surface area contributed by atoms with Crippen LogP contribution in [0.4, 0.5) is 0 Å². The molecular formula is C16H17N3OS. The minimum absolute atomic E-state index is 0.870. The topological polar surface area (TPSA) is 38.6 Å². The molecule has 1 aromatic carbocycles. The summed E-state index contributed by atoms with van der Waals surface area (Å²) in [5.41, 5.74) is 4.82. The summed E-state index contributed by atoms with van der Waals surface area (Å²) < 4.78 is 7.65. The lowest BCUT2D eigenvalue weighted by atomic mass is 10.1. The third-order valence-corrected chi connectivity index (χ3v) is 5.13. The molecule has 2 aromatic heterocycles. The van der Waals surface area contributed by atoms with Crippen molar-refractivity contribution in [3.63, 3.8) is 0 Å². The zero-order valence-electron chi connectivity index (χ0n) is 12.1. The van der Waals surface area contributed by atoms with Gasteiger partial charge in [0.05, 0.1) is 12.8 Å². The fourth-order valence-electron chi connectivity index (χ4n) is 3.00. The third-order valence-electron chi connectivity index (χ3n) is 4.05. The lowest BCUT2D eigenvalue weighted by Gasteiger charge is -2.13. The Labute approximate surface area is 127 Å². The molecule has 0 saturated heterocycles. The Morgan fingerprint density at radius 1 is 1.38 bits per heavy atom. The molecule has 3 aromatic rings. The van der Waals surface area contributed by atoms with Gasteiger partial charge in [-0.1, -0.05) is 23.5 Å². The number of aryl methyl sites for hydroxylation is 1. The van der Waals surface area contributed by atoms with Crippen LogP contribution in [0, 0.1) is 6.92 Å². The van der Waals surface area contributed by atoms with E-state index in [1.165, 1.54) is 16.3 Å². The van der Waals surface area contributed by atoms with E-state index in [-0.39, 0.29) is 0 Å². The van der Waals surface area contributed by atoms with Crippen LogP contribution in [0.3, 0.4) is 0 Å². The van der Waals surface area contributed by atoms with Crippen LogP contribution < -0.4 is 10.1 Å². The first-order valence-corrected chi connectivity index (χ1v) is 7.94. The van der Waals surface area contributed by atoms with Gasteiger partial charge in [-0.05, 0) is 19.1 Å². The second kappa shape index (κ2) is 4.86. The Balaban J connectivity index is 1.90. The number of nitrogens with one attached hydrogen (secondary N) is 1. The predicted molar refractivity (Wildman–Crippen MR) is 85.2 cm³/mol. The van der Waals surface area contributed by atoms with Crippen molar-refractivity contribution in [1.29, 1.82) is 0 Å². The molecule has 108 valence electrons. The first kappa shape index (κ1) is 12.9. The number of thiazole rings is 1. The number of nitrogens with zero attached hydrogens (tertiary/aromatic N) is 2. The van der Waals surface area contributed by atoms with E-state index in [1.807, 2.05) is 18.2 Å². The van der Waals surface area contributed by atoms with Crippen LogP contribution >= 0.6 is 11.3 Å². The summed E-state index contributed by atoms with van der Waals surface area (Å²) in [4.78, 5) is 7.38. The molecule has 0 saturated carbocycles. The number of ether oxygens (including phenoxy) is 1.